The van der Waals surface area contributed by atoms with E-state index in [4.69, 9.17) is 17.3 Å². The monoisotopic (exact) mass is 252 g/mol. The normalized spacial score (nSPS) is 23.1. The zero-order valence-corrected chi connectivity index (χ0v) is 11.4. The number of halogens is 1. The molecule has 1 fully saturated rings. The predicted octanol–water partition coefficient (Wildman–Crippen LogP) is 3.29. The van der Waals surface area contributed by atoms with Crippen LogP contribution in [0.3, 0.4) is 0 Å². The number of benzene rings is 1. The minimum absolute atomic E-state index is 0.171. The molecule has 0 aromatic heterocycles. The minimum atomic E-state index is 0.171. The summed E-state index contributed by atoms with van der Waals surface area (Å²) >= 11 is 6.29. The number of hydrogen-bond acceptors (Lipinski definition) is 2. The van der Waals surface area contributed by atoms with Crippen LogP contribution in [-0.4, -0.2) is 18.6 Å². The SMILES string of the molecule is CC1(C)CC(CCN)CN1c1ccccc1Cl. The quantitative estimate of drug-likeness (QED) is 0.895. The first-order chi connectivity index (χ1) is 8.04. The molecule has 94 valence electrons. The lowest BCUT2D eigenvalue weighted by molar-refractivity contribution is 0.458. The van der Waals surface area contributed by atoms with Crippen molar-refractivity contribution in [3.05, 3.63) is 29.3 Å². The molecule has 0 bridgehead atoms. The topological polar surface area (TPSA) is 29.3 Å². The molecule has 1 heterocycles. The fourth-order valence-electron chi connectivity index (χ4n) is 2.91. The van der Waals surface area contributed by atoms with Gasteiger partial charge in [0.1, 0.15) is 0 Å². The Labute approximate surface area is 109 Å². The smallest absolute Gasteiger partial charge is 0.0639 e. The van der Waals surface area contributed by atoms with Gasteiger partial charge in [0, 0.05) is 12.1 Å². The highest BCUT2D eigenvalue weighted by atomic mass is 35.5. The van der Waals surface area contributed by atoms with Crippen molar-refractivity contribution in [1.82, 2.24) is 0 Å². The number of para-hydroxylation sites is 1. The van der Waals surface area contributed by atoms with E-state index in [1.807, 2.05) is 18.2 Å². The van der Waals surface area contributed by atoms with Gasteiger partial charge in [0.2, 0.25) is 0 Å². The van der Waals surface area contributed by atoms with Crippen molar-refractivity contribution in [2.45, 2.75) is 32.2 Å². The lowest BCUT2D eigenvalue weighted by atomic mass is 9.94. The van der Waals surface area contributed by atoms with E-state index >= 15 is 0 Å². The van der Waals surface area contributed by atoms with E-state index in [1.54, 1.807) is 0 Å². The van der Waals surface area contributed by atoms with Crippen LogP contribution in [0.15, 0.2) is 24.3 Å². The van der Waals surface area contributed by atoms with E-state index in [1.165, 1.54) is 6.42 Å². The van der Waals surface area contributed by atoms with Crippen molar-refractivity contribution in [2.75, 3.05) is 18.0 Å². The molecule has 2 N–H and O–H groups in total. The number of hydrogen-bond donors (Lipinski definition) is 1. The van der Waals surface area contributed by atoms with Crippen molar-refractivity contribution < 1.29 is 0 Å². The van der Waals surface area contributed by atoms with Crippen LogP contribution in [0.5, 0.6) is 0 Å². The standard InChI is InChI=1S/C14H21ClN2/c1-14(2)9-11(7-8-16)10-17(14)13-6-4-3-5-12(13)15/h3-6,11H,7-10,16H2,1-2H3. The van der Waals surface area contributed by atoms with Crippen LogP contribution in [0.1, 0.15) is 26.7 Å². The first-order valence-electron chi connectivity index (χ1n) is 6.27. The summed E-state index contributed by atoms with van der Waals surface area (Å²) in [6, 6.07) is 8.10. The Morgan fingerprint density at radius 2 is 2.12 bits per heavy atom. The number of nitrogens with zero attached hydrogens (tertiary/aromatic N) is 1. The first-order valence-corrected chi connectivity index (χ1v) is 6.64. The van der Waals surface area contributed by atoms with Crippen molar-refractivity contribution in [2.24, 2.45) is 11.7 Å². The third-order valence-electron chi connectivity index (χ3n) is 3.68. The van der Waals surface area contributed by atoms with Gasteiger partial charge in [-0.1, -0.05) is 23.7 Å². The summed E-state index contributed by atoms with van der Waals surface area (Å²) < 4.78 is 0. The lowest BCUT2D eigenvalue weighted by Crippen LogP contribution is -2.38. The van der Waals surface area contributed by atoms with Gasteiger partial charge in [-0.05, 0) is 51.3 Å². The molecule has 17 heavy (non-hydrogen) atoms. The molecule has 1 aliphatic heterocycles. The molecule has 3 heteroatoms. The van der Waals surface area contributed by atoms with Gasteiger partial charge in [-0.3, -0.25) is 0 Å². The number of rotatable bonds is 3. The van der Waals surface area contributed by atoms with Gasteiger partial charge in [-0.25, -0.2) is 0 Å². The van der Waals surface area contributed by atoms with Crippen molar-refractivity contribution in [3.63, 3.8) is 0 Å². The highest BCUT2D eigenvalue weighted by Crippen LogP contribution is 2.40. The third kappa shape index (κ3) is 2.58. The molecule has 1 aliphatic rings. The highest BCUT2D eigenvalue weighted by Gasteiger charge is 2.38. The molecule has 2 rings (SSSR count). The van der Waals surface area contributed by atoms with E-state index in [0.29, 0.717) is 5.92 Å². The molecule has 0 amide bonds. The Morgan fingerprint density at radius 1 is 1.41 bits per heavy atom. The van der Waals surface area contributed by atoms with Gasteiger partial charge in [0.25, 0.3) is 0 Å². The van der Waals surface area contributed by atoms with Crippen LogP contribution in [0.2, 0.25) is 5.02 Å². The van der Waals surface area contributed by atoms with E-state index in [0.717, 1.165) is 30.2 Å². The Balaban J connectivity index is 2.24. The summed E-state index contributed by atoms with van der Waals surface area (Å²) in [7, 11) is 0. The zero-order valence-electron chi connectivity index (χ0n) is 10.6. The summed E-state index contributed by atoms with van der Waals surface area (Å²) in [6.07, 6.45) is 2.29. The molecule has 1 saturated heterocycles. The van der Waals surface area contributed by atoms with Crippen molar-refractivity contribution in [3.8, 4) is 0 Å². The van der Waals surface area contributed by atoms with Gasteiger partial charge >= 0.3 is 0 Å². The Kier molecular flexibility index (Phi) is 3.64. The fourth-order valence-corrected chi connectivity index (χ4v) is 3.15. The van der Waals surface area contributed by atoms with Crippen LogP contribution in [-0.2, 0) is 0 Å². The number of anilines is 1. The summed E-state index contributed by atoms with van der Waals surface area (Å²) in [5, 5.41) is 0.842. The second-order valence-electron chi connectivity index (χ2n) is 5.52. The third-order valence-corrected chi connectivity index (χ3v) is 4.00. The second kappa shape index (κ2) is 4.87. The van der Waals surface area contributed by atoms with Crippen LogP contribution >= 0.6 is 11.6 Å². The maximum Gasteiger partial charge on any atom is 0.0639 e. The largest absolute Gasteiger partial charge is 0.365 e. The molecule has 1 aromatic carbocycles. The maximum atomic E-state index is 6.29. The molecule has 0 spiro atoms. The van der Waals surface area contributed by atoms with Crippen LogP contribution in [0.4, 0.5) is 5.69 Å². The summed E-state index contributed by atoms with van der Waals surface area (Å²) in [6.45, 7) is 6.41. The second-order valence-corrected chi connectivity index (χ2v) is 5.93. The maximum absolute atomic E-state index is 6.29. The molecule has 1 unspecified atom stereocenters. The van der Waals surface area contributed by atoms with E-state index < -0.39 is 0 Å². The average molecular weight is 253 g/mol. The zero-order chi connectivity index (χ0) is 12.5. The van der Waals surface area contributed by atoms with Crippen LogP contribution in [0.25, 0.3) is 0 Å². The van der Waals surface area contributed by atoms with Gasteiger partial charge < -0.3 is 10.6 Å². The molecule has 2 nitrogen and oxygen atoms in total. The van der Waals surface area contributed by atoms with Gasteiger partial charge in [-0.15, -0.1) is 0 Å². The van der Waals surface area contributed by atoms with E-state index in [2.05, 4.69) is 24.8 Å². The highest BCUT2D eigenvalue weighted by molar-refractivity contribution is 6.33. The Morgan fingerprint density at radius 3 is 2.76 bits per heavy atom. The van der Waals surface area contributed by atoms with Crippen LogP contribution in [0, 0.1) is 5.92 Å². The van der Waals surface area contributed by atoms with Crippen LogP contribution < -0.4 is 10.6 Å². The predicted molar refractivity (Wildman–Crippen MR) is 74.7 cm³/mol. The fraction of sp³-hybridized carbons (Fsp3) is 0.571. The van der Waals surface area contributed by atoms with E-state index in [9.17, 15) is 0 Å². The summed E-state index contributed by atoms with van der Waals surface area (Å²) in [5.41, 5.74) is 6.99. The lowest BCUT2D eigenvalue weighted by Gasteiger charge is -2.34. The molecule has 0 radical (unpaired) electrons. The molecule has 0 aliphatic carbocycles. The molecule has 1 aromatic rings. The molecular formula is C14H21ClN2. The Hall–Kier alpha value is -0.730. The summed E-state index contributed by atoms with van der Waals surface area (Å²) in [5.74, 6) is 0.686. The minimum Gasteiger partial charge on any atom is -0.365 e. The summed E-state index contributed by atoms with van der Waals surface area (Å²) in [4.78, 5) is 2.43. The number of nitrogens with two attached hydrogens (primary N) is 1. The molecular weight excluding hydrogens is 232 g/mol. The molecule has 1 atom stereocenters. The first kappa shape index (κ1) is 12.7. The van der Waals surface area contributed by atoms with Crippen molar-refractivity contribution in [1.29, 1.82) is 0 Å². The molecule has 0 saturated carbocycles. The van der Waals surface area contributed by atoms with E-state index in [-0.39, 0.29) is 5.54 Å². The average Bonchev–Trinajstić information content (AvgIpc) is 2.55. The van der Waals surface area contributed by atoms with Gasteiger partial charge in [0.15, 0.2) is 0 Å². The van der Waals surface area contributed by atoms with Gasteiger partial charge in [0.05, 0.1) is 10.7 Å². The Bertz CT molecular complexity index is 390. The van der Waals surface area contributed by atoms with Crippen molar-refractivity contribution >= 4 is 17.3 Å². The van der Waals surface area contributed by atoms with Gasteiger partial charge in [-0.2, -0.15) is 0 Å².